The zero-order valence-corrected chi connectivity index (χ0v) is 12.7. The van der Waals surface area contributed by atoms with E-state index in [1.165, 1.54) is 0 Å². The van der Waals surface area contributed by atoms with Crippen molar-refractivity contribution in [2.45, 2.75) is 13.3 Å². The summed E-state index contributed by atoms with van der Waals surface area (Å²) < 4.78 is 10.5. The molecule has 1 amide bonds. The number of hydrogen-bond donors (Lipinski definition) is 3. The molecule has 1 aromatic rings. The van der Waals surface area contributed by atoms with Gasteiger partial charge in [0.1, 0.15) is 0 Å². The number of nitrogens with zero attached hydrogens (tertiary/aromatic N) is 2. The number of hydrogen-bond acceptors (Lipinski definition) is 7. The van der Waals surface area contributed by atoms with Crippen LogP contribution in [-0.2, 0) is 9.47 Å². The normalized spacial score (nSPS) is 10.6. The Morgan fingerprint density at radius 2 is 1.81 bits per heavy atom. The predicted molar refractivity (Wildman–Crippen MR) is 80.1 cm³/mol. The summed E-state index contributed by atoms with van der Waals surface area (Å²) in [5, 5.41) is 2.55. The lowest BCUT2D eigenvalue weighted by Crippen LogP contribution is -2.29. The summed E-state index contributed by atoms with van der Waals surface area (Å²) in [5.74, 6) is -0.558. The van der Waals surface area contributed by atoms with Gasteiger partial charge in [-0.1, -0.05) is 18.5 Å². The molecule has 0 unspecified atom stereocenters. The second-order valence-corrected chi connectivity index (χ2v) is 4.47. The van der Waals surface area contributed by atoms with Gasteiger partial charge in [0, 0.05) is 13.2 Å². The zero-order chi connectivity index (χ0) is 15.7. The molecular weight excluding hydrogens is 298 g/mol. The van der Waals surface area contributed by atoms with Crippen LogP contribution < -0.4 is 16.8 Å². The van der Waals surface area contributed by atoms with Crippen molar-refractivity contribution in [1.82, 2.24) is 15.3 Å². The molecule has 8 nitrogen and oxygen atoms in total. The van der Waals surface area contributed by atoms with Gasteiger partial charge < -0.3 is 26.3 Å². The third kappa shape index (κ3) is 6.11. The van der Waals surface area contributed by atoms with Crippen molar-refractivity contribution in [3.05, 3.63) is 10.8 Å². The molecule has 21 heavy (non-hydrogen) atoms. The number of nitrogens with two attached hydrogens (primary N) is 2. The van der Waals surface area contributed by atoms with Crippen LogP contribution in [0.25, 0.3) is 0 Å². The van der Waals surface area contributed by atoms with Gasteiger partial charge in [-0.15, -0.1) is 0 Å². The summed E-state index contributed by atoms with van der Waals surface area (Å²) in [4.78, 5) is 19.4. The maximum atomic E-state index is 11.8. The van der Waals surface area contributed by atoms with Gasteiger partial charge in [0.05, 0.1) is 19.8 Å². The van der Waals surface area contributed by atoms with E-state index in [9.17, 15) is 4.79 Å². The van der Waals surface area contributed by atoms with Gasteiger partial charge in [0.25, 0.3) is 5.91 Å². The minimum absolute atomic E-state index is 0.0128. The Bertz CT molecular complexity index is 472. The Morgan fingerprint density at radius 1 is 1.14 bits per heavy atom. The Balaban J connectivity index is 2.27. The number of halogens is 1. The number of anilines is 2. The van der Waals surface area contributed by atoms with Gasteiger partial charge in [-0.2, -0.15) is 0 Å². The molecule has 9 heteroatoms. The van der Waals surface area contributed by atoms with E-state index < -0.39 is 5.91 Å². The quantitative estimate of drug-likeness (QED) is 0.565. The van der Waals surface area contributed by atoms with Crippen molar-refractivity contribution in [2.75, 3.05) is 44.4 Å². The molecule has 0 fully saturated rings. The molecule has 1 aromatic heterocycles. The number of rotatable bonds is 9. The van der Waals surface area contributed by atoms with Gasteiger partial charge in [0.15, 0.2) is 22.5 Å². The summed E-state index contributed by atoms with van der Waals surface area (Å²) in [6.45, 7) is 4.44. The fraction of sp³-hybridized carbons (Fsp3) is 0.583. The molecule has 0 bridgehead atoms. The van der Waals surface area contributed by atoms with Crippen LogP contribution in [0.1, 0.15) is 23.8 Å². The molecule has 0 aromatic carbocycles. The molecule has 0 atom stereocenters. The minimum Gasteiger partial charge on any atom is -0.382 e. The van der Waals surface area contributed by atoms with E-state index in [1.807, 2.05) is 6.92 Å². The highest BCUT2D eigenvalue weighted by molar-refractivity contribution is 6.31. The van der Waals surface area contributed by atoms with Crippen molar-refractivity contribution in [2.24, 2.45) is 0 Å². The summed E-state index contributed by atoms with van der Waals surface area (Å²) in [6, 6.07) is 0. The van der Waals surface area contributed by atoms with Crippen LogP contribution >= 0.6 is 11.6 Å². The average molecular weight is 318 g/mol. The number of aromatic nitrogens is 2. The highest BCUT2D eigenvalue weighted by Crippen LogP contribution is 2.16. The first kappa shape index (κ1) is 17.4. The molecule has 1 heterocycles. The third-order valence-electron chi connectivity index (χ3n) is 2.37. The topological polar surface area (TPSA) is 125 Å². The van der Waals surface area contributed by atoms with E-state index in [-0.39, 0.29) is 22.5 Å². The number of ether oxygens (including phenoxy) is 2. The molecule has 0 aliphatic rings. The van der Waals surface area contributed by atoms with Gasteiger partial charge in [-0.3, -0.25) is 4.79 Å². The lowest BCUT2D eigenvalue weighted by atomic mass is 10.3. The summed E-state index contributed by atoms with van der Waals surface area (Å²) >= 11 is 5.70. The minimum atomic E-state index is -0.479. The lowest BCUT2D eigenvalue weighted by molar-refractivity contribution is 0.0484. The smallest absolute Gasteiger partial charge is 0.273 e. The first-order valence-corrected chi connectivity index (χ1v) is 6.96. The highest BCUT2D eigenvalue weighted by Gasteiger charge is 2.15. The van der Waals surface area contributed by atoms with Gasteiger partial charge >= 0.3 is 0 Å². The van der Waals surface area contributed by atoms with E-state index >= 15 is 0 Å². The summed E-state index contributed by atoms with van der Waals surface area (Å²) in [5.41, 5.74) is 10.9. The second kappa shape index (κ2) is 9.32. The first-order chi connectivity index (χ1) is 10.1. The fourth-order valence-corrected chi connectivity index (χ4v) is 1.52. The van der Waals surface area contributed by atoms with Gasteiger partial charge in [-0.25, -0.2) is 9.97 Å². The Kier molecular flexibility index (Phi) is 7.73. The van der Waals surface area contributed by atoms with Crippen molar-refractivity contribution < 1.29 is 14.3 Å². The van der Waals surface area contributed by atoms with E-state index in [1.54, 1.807) is 0 Å². The second-order valence-electron chi connectivity index (χ2n) is 4.11. The molecular formula is C12H20ClN5O3. The van der Waals surface area contributed by atoms with Gasteiger partial charge in [0.2, 0.25) is 0 Å². The monoisotopic (exact) mass is 317 g/mol. The van der Waals surface area contributed by atoms with E-state index in [4.69, 9.17) is 32.5 Å². The fourth-order valence-electron chi connectivity index (χ4n) is 1.40. The van der Waals surface area contributed by atoms with Crippen molar-refractivity contribution in [3.63, 3.8) is 0 Å². The number of carbonyl (C=O) groups is 1. The van der Waals surface area contributed by atoms with Crippen molar-refractivity contribution in [3.8, 4) is 0 Å². The maximum absolute atomic E-state index is 11.8. The SMILES string of the molecule is CCCOCCOCCNC(=O)c1nc(Cl)c(N)nc1N. The van der Waals surface area contributed by atoms with Crippen molar-refractivity contribution >= 4 is 29.1 Å². The Hall–Kier alpha value is -1.64. The molecule has 1 rings (SSSR count). The molecule has 0 aliphatic carbocycles. The molecule has 0 saturated heterocycles. The van der Waals surface area contributed by atoms with E-state index in [0.717, 1.165) is 13.0 Å². The highest BCUT2D eigenvalue weighted by atomic mass is 35.5. The number of amides is 1. The summed E-state index contributed by atoms with van der Waals surface area (Å²) in [6.07, 6.45) is 0.975. The van der Waals surface area contributed by atoms with Gasteiger partial charge in [-0.05, 0) is 6.42 Å². The van der Waals surface area contributed by atoms with Crippen LogP contribution in [0.2, 0.25) is 5.15 Å². The average Bonchev–Trinajstić information content (AvgIpc) is 2.45. The Labute approximate surface area is 128 Å². The number of nitrogen functional groups attached to an aromatic ring is 2. The van der Waals surface area contributed by atoms with E-state index in [0.29, 0.717) is 26.4 Å². The van der Waals surface area contributed by atoms with Crippen LogP contribution in [-0.4, -0.2) is 48.8 Å². The van der Waals surface area contributed by atoms with Crippen LogP contribution in [0.5, 0.6) is 0 Å². The predicted octanol–water partition coefficient (Wildman–Crippen LogP) is 0.467. The molecule has 0 saturated carbocycles. The molecule has 0 radical (unpaired) electrons. The standard InChI is InChI=1S/C12H20ClN5O3/c1-2-4-20-6-7-21-5-3-16-12(19)8-10(14)18-11(15)9(13)17-8/h2-7H2,1H3,(H,16,19)(H4,14,15,18). The number of nitrogens with one attached hydrogen (secondary N) is 1. The third-order valence-corrected chi connectivity index (χ3v) is 2.65. The molecule has 0 spiro atoms. The van der Waals surface area contributed by atoms with E-state index in [2.05, 4.69) is 15.3 Å². The van der Waals surface area contributed by atoms with Crippen LogP contribution in [0.3, 0.4) is 0 Å². The maximum Gasteiger partial charge on any atom is 0.273 e. The van der Waals surface area contributed by atoms with Crippen LogP contribution in [0.15, 0.2) is 0 Å². The first-order valence-electron chi connectivity index (χ1n) is 6.58. The molecule has 0 aliphatic heterocycles. The number of carbonyl (C=O) groups excluding carboxylic acids is 1. The summed E-state index contributed by atoms with van der Waals surface area (Å²) in [7, 11) is 0. The lowest BCUT2D eigenvalue weighted by Gasteiger charge is -2.08. The van der Waals surface area contributed by atoms with Crippen molar-refractivity contribution in [1.29, 1.82) is 0 Å². The largest absolute Gasteiger partial charge is 0.382 e. The van der Waals surface area contributed by atoms with Crippen LogP contribution in [0.4, 0.5) is 11.6 Å². The zero-order valence-electron chi connectivity index (χ0n) is 11.9. The van der Waals surface area contributed by atoms with Crippen LogP contribution in [0, 0.1) is 0 Å². The molecule has 118 valence electrons. The molecule has 5 N–H and O–H groups in total. The Morgan fingerprint density at radius 3 is 2.48 bits per heavy atom.